The Bertz CT molecular complexity index is 611. The zero-order valence-electron chi connectivity index (χ0n) is 14.4. The molecule has 1 aromatic rings. The second-order valence-corrected chi connectivity index (χ2v) is 7.92. The van der Waals surface area contributed by atoms with Crippen molar-refractivity contribution in [2.24, 2.45) is 5.73 Å². The van der Waals surface area contributed by atoms with Gasteiger partial charge in [0.15, 0.2) is 0 Å². The highest BCUT2D eigenvalue weighted by Gasteiger charge is 2.26. The number of anilines is 1. The van der Waals surface area contributed by atoms with Crippen molar-refractivity contribution in [3.8, 4) is 0 Å². The summed E-state index contributed by atoms with van der Waals surface area (Å²) in [7, 11) is 0. The summed E-state index contributed by atoms with van der Waals surface area (Å²) in [5.74, 6) is 2.04. The Kier molecular flexibility index (Phi) is 6.20. The third-order valence-electron chi connectivity index (χ3n) is 4.98. The lowest BCUT2D eigenvalue weighted by atomic mass is 10.0. The van der Waals surface area contributed by atoms with Gasteiger partial charge >= 0.3 is 6.03 Å². The molecule has 2 aliphatic rings. The van der Waals surface area contributed by atoms with Gasteiger partial charge < -0.3 is 21.3 Å². The van der Waals surface area contributed by atoms with Crippen LogP contribution in [0.5, 0.6) is 0 Å². The first-order valence-corrected chi connectivity index (χ1v) is 10.1. The van der Waals surface area contributed by atoms with Crippen molar-refractivity contribution in [2.45, 2.75) is 37.8 Å². The number of carbonyl (C=O) groups excluding carboxylic acids is 2. The number of nitrogens with one attached hydrogen (secondary N) is 2. The van der Waals surface area contributed by atoms with Crippen LogP contribution in [0.3, 0.4) is 0 Å². The minimum Gasteiger partial charge on any atom is -0.366 e. The first-order chi connectivity index (χ1) is 12.1. The van der Waals surface area contributed by atoms with E-state index in [1.165, 1.54) is 24.3 Å². The van der Waals surface area contributed by atoms with E-state index in [0.717, 1.165) is 32.0 Å². The van der Waals surface area contributed by atoms with E-state index < -0.39 is 5.91 Å². The molecule has 7 heteroatoms. The maximum atomic E-state index is 12.2. The third kappa shape index (κ3) is 5.12. The fourth-order valence-electron chi connectivity index (χ4n) is 3.56. The number of piperidine rings is 1. The smallest absolute Gasteiger partial charge is 0.319 e. The zero-order valence-corrected chi connectivity index (χ0v) is 15.2. The molecular formula is C18H26N4O2S. The van der Waals surface area contributed by atoms with Crippen LogP contribution in [-0.4, -0.2) is 53.5 Å². The third-order valence-corrected chi connectivity index (χ3v) is 6.03. The van der Waals surface area contributed by atoms with E-state index >= 15 is 0 Å². The average Bonchev–Trinajstić information content (AvgIpc) is 2.63. The highest BCUT2D eigenvalue weighted by atomic mass is 32.2. The lowest BCUT2D eigenvalue weighted by molar-refractivity contribution is 0.1000. The van der Waals surface area contributed by atoms with Crippen LogP contribution in [0.15, 0.2) is 24.3 Å². The van der Waals surface area contributed by atoms with E-state index in [1.807, 2.05) is 0 Å². The fourth-order valence-corrected chi connectivity index (χ4v) is 4.64. The highest BCUT2D eigenvalue weighted by Crippen LogP contribution is 2.24. The first kappa shape index (κ1) is 18.1. The number of likely N-dealkylation sites (tertiary alicyclic amines) is 1. The van der Waals surface area contributed by atoms with Crippen molar-refractivity contribution in [1.29, 1.82) is 0 Å². The van der Waals surface area contributed by atoms with E-state index in [2.05, 4.69) is 27.3 Å². The summed E-state index contributed by atoms with van der Waals surface area (Å²) < 4.78 is 0. The molecule has 0 spiro atoms. The number of thioether (sulfide) groups is 1. The predicted molar refractivity (Wildman–Crippen MR) is 102 cm³/mol. The minimum atomic E-state index is -0.502. The number of benzene rings is 1. The van der Waals surface area contributed by atoms with Crippen LogP contribution in [0.25, 0.3) is 0 Å². The molecule has 3 amide bonds. The summed E-state index contributed by atoms with van der Waals surface area (Å²) >= 11 is 2.05. The number of urea groups is 1. The van der Waals surface area contributed by atoms with E-state index in [9.17, 15) is 9.59 Å². The Balaban J connectivity index is 1.44. The summed E-state index contributed by atoms with van der Waals surface area (Å²) in [5.41, 5.74) is 6.22. The van der Waals surface area contributed by atoms with Gasteiger partial charge in [0.2, 0.25) is 5.91 Å². The summed E-state index contributed by atoms with van der Waals surface area (Å²) in [6, 6.07) is 7.37. The number of amides is 3. The van der Waals surface area contributed by atoms with Crippen LogP contribution < -0.4 is 16.4 Å². The molecule has 2 aliphatic heterocycles. The Morgan fingerprint density at radius 2 is 1.84 bits per heavy atom. The SMILES string of the molecule is NC(=O)c1cccc(NC(=O)NC2CCN(C3CCSCC3)CC2)c1. The highest BCUT2D eigenvalue weighted by molar-refractivity contribution is 7.99. The van der Waals surface area contributed by atoms with Crippen LogP contribution in [0.2, 0.25) is 0 Å². The van der Waals surface area contributed by atoms with Crippen molar-refractivity contribution in [1.82, 2.24) is 10.2 Å². The van der Waals surface area contributed by atoms with E-state index in [-0.39, 0.29) is 12.1 Å². The van der Waals surface area contributed by atoms with Crippen molar-refractivity contribution in [2.75, 3.05) is 29.9 Å². The number of rotatable bonds is 4. The molecular weight excluding hydrogens is 336 g/mol. The largest absolute Gasteiger partial charge is 0.366 e. The maximum Gasteiger partial charge on any atom is 0.319 e. The van der Waals surface area contributed by atoms with Gasteiger partial charge in [-0.05, 0) is 55.4 Å². The van der Waals surface area contributed by atoms with Crippen molar-refractivity contribution in [3.63, 3.8) is 0 Å². The zero-order chi connectivity index (χ0) is 17.6. The molecule has 6 nitrogen and oxygen atoms in total. The van der Waals surface area contributed by atoms with Crippen LogP contribution in [0, 0.1) is 0 Å². The molecule has 136 valence electrons. The Labute approximate surface area is 152 Å². The van der Waals surface area contributed by atoms with Gasteiger partial charge in [0, 0.05) is 36.4 Å². The molecule has 1 aromatic carbocycles. The van der Waals surface area contributed by atoms with Gasteiger partial charge in [-0.25, -0.2) is 4.79 Å². The van der Waals surface area contributed by atoms with Crippen molar-refractivity contribution < 1.29 is 9.59 Å². The Morgan fingerprint density at radius 3 is 2.52 bits per heavy atom. The summed E-state index contributed by atoms with van der Waals surface area (Å²) in [6.45, 7) is 2.11. The van der Waals surface area contributed by atoms with E-state index in [4.69, 9.17) is 5.73 Å². The molecule has 0 radical (unpaired) electrons. The quantitative estimate of drug-likeness (QED) is 0.767. The molecule has 0 saturated carbocycles. The second kappa shape index (κ2) is 8.58. The first-order valence-electron chi connectivity index (χ1n) is 8.91. The molecule has 0 aromatic heterocycles. The van der Waals surface area contributed by atoms with Gasteiger partial charge in [0.25, 0.3) is 0 Å². The number of hydrogen-bond donors (Lipinski definition) is 3. The monoisotopic (exact) mass is 362 g/mol. The molecule has 3 rings (SSSR count). The van der Waals surface area contributed by atoms with Gasteiger partial charge in [-0.15, -0.1) is 0 Å². The molecule has 0 aliphatic carbocycles. The van der Waals surface area contributed by atoms with Crippen LogP contribution in [-0.2, 0) is 0 Å². The normalized spacial score (nSPS) is 20.2. The average molecular weight is 362 g/mol. The summed E-state index contributed by atoms with van der Waals surface area (Å²) in [4.78, 5) is 26.0. The topological polar surface area (TPSA) is 87.5 Å². The number of nitrogens with zero attached hydrogens (tertiary/aromatic N) is 1. The van der Waals surface area contributed by atoms with Crippen LogP contribution in [0.1, 0.15) is 36.0 Å². The van der Waals surface area contributed by atoms with Crippen molar-refractivity contribution in [3.05, 3.63) is 29.8 Å². The maximum absolute atomic E-state index is 12.2. The van der Waals surface area contributed by atoms with E-state index in [1.54, 1.807) is 24.3 Å². The number of hydrogen-bond acceptors (Lipinski definition) is 4. The van der Waals surface area contributed by atoms with Crippen LogP contribution >= 0.6 is 11.8 Å². The molecule has 25 heavy (non-hydrogen) atoms. The molecule has 0 unspecified atom stereocenters. The van der Waals surface area contributed by atoms with Crippen molar-refractivity contribution >= 4 is 29.4 Å². The fraction of sp³-hybridized carbons (Fsp3) is 0.556. The molecule has 0 atom stereocenters. The van der Waals surface area contributed by atoms with Gasteiger partial charge in [-0.3, -0.25) is 4.79 Å². The Hall–Kier alpha value is -1.73. The molecule has 4 N–H and O–H groups in total. The molecule has 2 saturated heterocycles. The standard InChI is InChI=1S/C18H26N4O2S/c19-17(23)13-2-1-3-15(12-13)21-18(24)20-14-4-8-22(9-5-14)16-6-10-25-11-7-16/h1-3,12,14,16H,4-11H2,(H2,19,23)(H2,20,21,24). The lowest BCUT2D eigenvalue weighted by Gasteiger charge is -2.39. The lowest BCUT2D eigenvalue weighted by Crippen LogP contribution is -2.49. The number of primary amides is 1. The molecule has 0 bridgehead atoms. The number of carbonyl (C=O) groups is 2. The predicted octanol–water partition coefficient (Wildman–Crippen LogP) is 2.27. The minimum absolute atomic E-state index is 0.202. The Morgan fingerprint density at radius 1 is 1.12 bits per heavy atom. The van der Waals surface area contributed by atoms with Gasteiger partial charge in [0.1, 0.15) is 0 Å². The molecule has 2 fully saturated rings. The number of nitrogens with two attached hydrogens (primary N) is 1. The van der Waals surface area contributed by atoms with E-state index in [0.29, 0.717) is 11.3 Å². The van der Waals surface area contributed by atoms with Gasteiger partial charge in [-0.1, -0.05) is 6.07 Å². The van der Waals surface area contributed by atoms with Gasteiger partial charge in [0.05, 0.1) is 0 Å². The summed E-state index contributed by atoms with van der Waals surface area (Å²) in [6.07, 6.45) is 4.55. The van der Waals surface area contributed by atoms with Gasteiger partial charge in [-0.2, -0.15) is 11.8 Å². The van der Waals surface area contributed by atoms with Crippen LogP contribution in [0.4, 0.5) is 10.5 Å². The second-order valence-electron chi connectivity index (χ2n) is 6.70. The summed E-state index contributed by atoms with van der Waals surface area (Å²) in [5, 5.41) is 5.83. The molecule has 2 heterocycles.